The van der Waals surface area contributed by atoms with E-state index >= 15 is 0 Å². The second kappa shape index (κ2) is 10.6. The fourth-order valence-electron chi connectivity index (χ4n) is 2.34. The van der Waals surface area contributed by atoms with Crippen LogP contribution in [0.15, 0.2) is 35.5 Å². The standard InChI is InChI=1S/C18H25N5O2S/c1-3-10-19-16(24)12-20-17(25)13-26-18-22-21-15(23(18)4-2)11-14-8-6-5-7-9-14/h5-9H,3-4,10-13H2,1-2H3,(H,19,24)(H,20,25). The average Bonchev–Trinajstić information content (AvgIpc) is 3.05. The second-order valence-corrected chi connectivity index (χ2v) is 6.66. The van der Waals surface area contributed by atoms with Crippen molar-refractivity contribution in [3.05, 3.63) is 41.7 Å². The molecule has 140 valence electrons. The monoisotopic (exact) mass is 375 g/mol. The summed E-state index contributed by atoms with van der Waals surface area (Å²) in [5.41, 5.74) is 1.17. The molecule has 0 aliphatic rings. The zero-order chi connectivity index (χ0) is 18.8. The molecule has 2 N–H and O–H groups in total. The highest BCUT2D eigenvalue weighted by molar-refractivity contribution is 7.99. The van der Waals surface area contributed by atoms with Crippen LogP contribution in [-0.4, -0.2) is 45.4 Å². The lowest BCUT2D eigenvalue weighted by molar-refractivity contribution is -0.124. The molecule has 0 radical (unpaired) electrons. The number of thioether (sulfide) groups is 1. The highest BCUT2D eigenvalue weighted by Crippen LogP contribution is 2.18. The van der Waals surface area contributed by atoms with E-state index in [4.69, 9.17) is 0 Å². The lowest BCUT2D eigenvalue weighted by Gasteiger charge is -2.08. The Bertz CT molecular complexity index is 718. The number of nitrogens with one attached hydrogen (secondary N) is 2. The maximum Gasteiger partial charge on any atom is 0.239 e. The molecule has 2 amide bonds. The van der Waals surface area contributed by atoms with Gasteiger partial charge in [-0.3, -0.25) is 9.59 Å². The number of hydrogen-bond donors (Lipinski definition) is 2. The average molecular weight is 375 g/mol. The van der Waals surface area contributed by atoms with Crippen molar-refractivity contribution in [2.45, 2.75) is 38.4 Å². The van der Waals surface area contributed by atoms with Crippen molar-refractivity contribution in [3.8, 4) is 0 Å². The van der Waals surface area contributed by atoms with Crippen LogP contribution in [0.5, 0.6) is 0 Å². The smallest absolute Gasteiger partial charge is 0.239 e. The first-order valence-corrected chi connectivity index (χ1v) is 9.74. The maximum atomic E-state index is 11.9. The molecule has 0 bridgehead atoms. The van der Waals surface area contributed by atoms with Gasteiger partial charge in [0.05, 0.1) is 12.3 Å². The normalized spacial score (nSPS) is 10.5. The summed E-state index contributed by atoms with van der Waals surface area (Å²) in [4.78, 5) is 23.4. The topological polar surface area (TPSA) is 88.9 Å². The van der Waals surface area contributed by atoms with Crippen LogP contribution >= 0.6 is 11.8 Å². The minimum Gasteiger partial charge on any atom is -0.355 e. The van der Waals surface area contributed by atoms with Crippen molar-refractivity contribution < 1.29 is 9.59 Å². The van der Waals surface area contributed by atoms with E-state index in [1.807, 2.05) is 36.6 Å². The Morgan fingerprint density at radius 1 is 1.08 bits per heavy atom. The zero-order valence-corrected chi connectivity index (χ0v) is 16.0. The molecule has 1 aromatic heterocycles. The van der Waals surface area contributed by atoms with Crippen molar-refractivity contribution in [1.82, 2.24) is 25.4 Å². The molecule has 0 atom stereocenters. The predicted molar refractivity (Wildman–Crippen MR) is 102 cm³/mol. The van der Waals surface area contributed by atoms with Gasteiger partial charge in [-0.25, -0.2) is 0 Å². The van der Waals surface area contributed by atoms with Gasteiger partial charge in [0.2, 0.25) is 11.8 Å². The van der Waals surface area contributed by atoms with E-state index in [0.29, 0.717) is 18.1 Å². The second-order valence-electron chi connectivity index (χ2n) is 5.72. The Morgan fingerprint density at radius 3 is 2.54 bits per heavy atom. The predicted octanol–water partition coefficient (Wildman–Crippen LogP) is 1.62. The van der Waals surface area contributed by atoms with E-state index in [2.05, 4.69) is 33.0 Å². The molecule has 26 heavy (non-hydrogen) atoms. The molecule has 0 aliphatic heterocycles. The highest BCUT2D eigenvalue weighted by atomic mass is 32.2. The van der Waals surface area contributed by atoms with E-state index in [0.717, 1.165) is 18.8 Å². The summed E-state index contributed by atoms with van der Waals surface area (Å²) in [5.74, 6) is 0.703. The van der Waals surface area contributed by atoms with Gasteiger partial charge in [0.1, 0.15) is 5.82 Å². The summed E-state index contributed by atoms with van der Waals surface area (Å²) in [6.07, 6.45) is 1.57. The zero-order valence-electron chi connectivity index (χ0n) is 15.2. The molecule has 0 aliphatic carbocycles. The van der Waals surface area contributed by atoms with Crippen molar-refractivity contribution >= 4 is 23.6 Å². The van der Waals surface area contributed by atoms with Crippen LogP contribution in [0.2, 0.25) is 0 Å². The van der Waals surface area contributed by atoms with Crippen LogP contribution in [0.25, 0.3) is 0 Å². The van der Waals surface area contributed by atoms with E-state index < -0.39 is 0 Å². The molecule has 8 heteroatoms. The van der Waals surface area contributed by atoms with Gasteiger partial charge in [-0.2, -0.15) is 0 Å². The molecule has 1 aromatic carbocycles. The molecule has 0 spiro atoms. The number of nitrogens with zero attached hydrogens (tertiary/aromatic N) is 3. The van der Waals surface area contributed by atoms with Gasteiger partial charge in [0.15, 0.2) is 5.16 Å². The van der Waals surface area contributed by atoms with Crippen molar-refractivity contribution in [2.75, 3.05) is 18.8 Å². The summed E-state index contributed by atoms with van der Waals surface area (Å²) < 4.78 is 2.01. The van der Waals surface area contributed by atoms with E-state index in [1.54, 1.807) is 0 Å². The molecule has 0 saturated heterocycles. The van der Waals surface area contributed by atoms with Gasteiger partial charge in [-0.15, -0.1) is 10.2 Å². The third-order valence-corrected chi connectivity index (χ3v) is 4.63. The Kier molecular flexibility index (Phi) is 8.14. The SMILES string of the molecule is CCCNC(=O)CNC(=O)CSc1nnc(Cc2ccccc2)n1CC. The van der Waals surface area contributed by atoms with Crippen LogP contribution in [0.4, 0.5) is 0 Å². The Balaban J connectivity index is 1.85. The molecule has 0 unspecified atom stereocenters. The minimum absolute atomic E-state index is 0.000874. The highest BCUT2D eigenvalue weighted by Gasteiger charge is 2.14. The number of hydrogen-bond acceptors (Lipinski definition) is 5. The summed E-state index contributed by atoms with van der Waals surface area (Å²) >= 11 is 1.33. The lowest BCUT2D eigenvalue weighted by atomic mass is 10.1. The molecule has 2 rings (SSSR count). The summed E-state index contributed by atoms with van der Waals surface area (Å²) in [6, 6.07) is 10.1. The van der Waals surface area contributed by atoms with Crippen molar-refractivity contribution in [1.29, 1.82) is 0 Å². The molecule has 0 fully saturated rings. The van der Waals surface area contributed by atoms with Crippen LogP contribution in [-0.2, 0) is 22.6 Å². The van der Waals surface area contributed by atoms with Crippen LogP contribution < -0.4 is 10.6 Å². The summed E-state index contributed by atoms with van der Waals surface area (Å²) in [6.45, 7) is 5.36. The molecule has 0 saturated carbocycles. The Labute approximate surface area is 158 Å². The Hall–Kier alpha value is -2.35. The fraction of sp³-hybridized carbons (Fsp3) is 0.444. The van der Waals surface area contributed by atoms with Crippen molar-refractivity contribution in [2.24, 2.45) is 0 Å². The summed E-state index contributed by atoms with van der Waals surface area (Å²) in [5, 5.41) is 14.5. The Morgan fingerprint density at radius 2 is 1.85 bits per heavy atom. The van der Waals surface area contributed by atoms with Gasteiger partial charge in [-0.05, 0) is 18.9 Å². The van der Waals surface area contributed by atoms with Gasteiger partial charge in [0.25, 0.3) is 0 Å². The maximum absolute atomic E-state index is 11.9. The first kappa shape index (κ1) is 20.0. The lowest BCUT2D eigenvalue weighted by Crippen LogP contribution is -2.37. The van der Waals surface area contributed by atoms with Gasteiger partial charge >= 0.3 is 0 Å². The fourth-order valence-corrected chi connectivity index (χ4v) is 3.19. The van der Waals surface area contributed by atoms with Gasteiger partial charge in [0, 0.05) is 19.5 Å². The number of benzene rings is 1. The molecular formula is C18H25N5O2S. The number of carbonyl (C=O) groups excluding carboxylic acids is 2. The minimum atomic E-state index is -0.197. The molecule has 2 aromatic rings. The number of amides is 2. The quantitative estimate of drug-likeness (QED) is 0.616. The van der Waals surface area contributed by atoms with Crippen LogP contribution in [0.1, 0.15) is 31.7 Å². The molecular weight excluding hydrogens is 350 g/mol. The molecule has 1 heterocycles. The summed E-state index contributed by atoms with van der Waals surface area (Å²) in [7, 11) is 0. The largest absolute Gasteiger partial charge is 0.355 e. The number of carbonyl (C=O) groups is 2. The van der Waals surface area contributed by atoms with Crippen LogP contribution in [0, 0.1) is 0 Å². The number of rotatable bonds is 10. The van der Waals surface area contributed by atoms with Crippen LogP contribution in [0.3, 0.4) is 0 Å². The third-order valence-electron chi connectivity index (χ3n) is 3.67. The van der Waals surface area contributed by atoms with E-state index in [1.165, 1.54) is 17.3 Å². The van der Waals surface area contributed by atoms with E-state index in [-0.39, 0.29) is 24.1 Å². The number of aromatic nitrogens is 3. The first-order valence-electron chi connectivity index (χ1n) is 8.76. The van der Waals surface area contributed by atoms with Crippen molar-refractivity contribution in [3.63, 3.8) is 0 Å². The van der Waals surface area contributed by atoms with E-state index in [9.17, 15) is 9.59 Å². The van der Waals surface area contributed by atoms with Gasteiger partial charge < -0.3 is 15.2 Å². The third kappa shape index (κ3) is 6.18. The first-order chi connectivity index (χ1) is 12.6. The molecule has 7 nitrogen and oxygen atoms in total. The van der Waals surface area contributed by atoms with Gasteiger partial charge in [-0.1, -0.05) is 49.0 Å².